The standard InChI is InChI=1S/C10H11O.CH3.Y/c1-7-4-9(3)10(6-11)5-8(7)2;;/h4-5H,1-3H3;1H3;/q2*-1;. The van der Waals surface area contributed by atoms with Crippen molar-refractivity contribution in [1.82, 2.24) is 0 Å². The number of rotatable bonds is 1. The maximum atomic E-state index is 10.4. The third-order valence-corrected chi connectivity index (χ3v) is 1.95. The SMILES string of the molecule is Cc1cc(C)c([C-]=O)cc1C.[CH3-].[Y]. The zero-order chi connectivity index (χ0) is 8.43. The van der Waals surface area contributed by atoms with E-state index in [1.54, 1.807) is 0 Å². The smallest absolute Gasteiger partial charge is 0.0629 e. The third-order valence-electron chi connectivity index (χ3n) is 1.95. The van der Waals surface area contributed by atoms with Crippen molar-refractivity contribution in [2.24, 2.45) is 0 Å². The second-order valence-corrected chi connectivity index (χ2v) is 2.85. The van der Waals surface area contributed by atoms with Crippen LogP contribution in [-0.2, 0) is 37.5 Å². The second-order valence-electron chi connectivity index (χ2n) is 2.85. The van der Waals surface area contributed by atoms with Crippen LogP contribution in [0, 0.1) is 28.2 Å². The van der Waals surface area contributed by atoms with E-state index in [-0.39, 0.29) is 40.1 Å². The van der Waals surface area contributed by atoms with Gasteiger partial charge in [-0.05, 0) is 6.92 Å². The molecule has 0 spiro atoms. The maximum Gasteiger partial charge on any atom is 0.0629 e. The molecule has 13 heavy (non-hydrogen) atoms. The molecule has 0 saturated heterocycles. The van der Waals surface area contributed by atoms with Gasteiger partial charge < -0.3 is 12.2 Å². The Morgan fingerprint density at radius 2 is 1.46 bits per heavy atom. The molecule has 1 aromatic rings. The van der Waals surface area contributed by atoms with Gasteiger partial charge in [0.2, 0.25) is 0 Å². The van der Waals surface area contributed by atoms with Crippen LogP contribution in [0.1, 0.15) is 22.3 Å². The minimum absolute atomic E-state index is 0. The van der Waals surface area contributed by atoms with E-state index in [0.29, 0.717) is 5.56 Å². The molecule has 1 aromatic carbocycles. The third kappa shape index (κ3) is 3.70. The summed E-state index contributed by atoms with van der Waals surface area (Å²) in [6, 6.07) is 3.88. The van der Waals surface area contributed by atoms with Crippen molar-refractivity contribution < 1.29 is 37.5 Å². The summed E-state index contributed by atoms with van der Waals surface area (Å²) in [6.07, 6.45) is 1.91. The zero-order valence-corrected chi connectivity index (χ0v) is 11.5. The Morgan fingerprint density at radius 1 is 1.00 bits per heavy atom. The molecule has 1 radical (unpaired) electrons. The van der Waals surface area contributed by atoms with Crippen molar-refractivity contribution in [3.05, 3.63) is 41.8 Å². The molecular formula is C11H14OY-2. The Labute approximate surface area is 106 Å². The molecule has 1 rings (SSSR count). The number of carbonyl (C=O) groups excluding carboxylic acids is 1. The van der Waals surface area contributed by atoms with Gasteiger partial charge in [0.05, 0.1) is 6.29 Å². The summed E-state index contributed by atoms with van der Waals surface area (Å²) in [4.78, 5) is 10.4. The van der Waals surface area contributed by atoms with Gasteiger partial charge in [0, 0.05) is 32.7 Å². The fourth-order valence-electron chi connectivity index (χ4n) is 1.07. The van der Waals surface area contributed by atoms with Crippen LogP contribution in [0.5, 0.6) is 0 Å². The normalized spacial score (nSPS) is 8.23. The van der Waals surface area contributed by atoms with Gasteiger partial charge in [-0.25, -0.2) is 0 Å². The Kier molecular flexibility index (Phi) is 7.67. The zero-order valence-electron chi connectivity index (χ0n) is 8.64. The van der Waals surface area contributed by atoms with E-state index in [4.69, 9.17) is 0 Å². The summed E-state index contributed by atoms with van der Waals surface area (Å²) in [6.45, 7) is 5.96. The Morgan fingerprint density at radius 3 is 1.92 bits per heavy atom. The molecule has 0 atom stereocenters. The Hall–Kier alpha value is -0.00610. The van der Waals surface area contributed by atoms with E-state index in [1.165, 1.54) is 5.56 Å². The van der Waals surface area contributed by atoms with Crippen LogP contribution in [0.25, 0.3) is 0 Å². The summed E-state index contributed by atoms with van der Waals surface area (Å²) in [5.41, 5.74) is 4.05. The average molecular weight is 251 g/mol. The molecule has 0 bridgehead atoms. The molecular weight excluding hydrogens is 237 g/mol. The van der Waals surface area contributed by atoms with Gasteiger partial charge in [-0.15, -0.1) is 22.8 Å². The molecule has 0 amide bonds. The minimum atomic E-state index is 0. The van der Waals surface area contributed by atoms with Gasteiger partial charge in [-0.1, -0.05) is 19.4 Å². The van der Waals surface area contributed by atoms with E-state index in [0.717, 1.165) is 11.1 Å². The van der Waals surface area contributed by atoms with Crippen LogP contribution in [0.4, 0.5) is 0 Å². The first-order valence-electron chi connectivity index (χ1n) is 3.61. The van der Waals surface area contributed by atoms with Gasteiger partial charge >= 0.3 is 0 Å². The van der Waals surface area contributed by atoms with Crippen LogP contribution in [-0.4, -0.2) is 6.29 Å². The van der Waals surface area contributed by atoms with E-state index < -0.39 is 0 Å². The molecule has 0 aliphatic heterocycles. The molecule has 0 fully saturated rings. The number of aryl methyl sites for hydroxylation is 3. The first-order chi connectivity index (χ1) is 5.15. The number of hydrogen-bond donors (Lipinski definition) is 0. The van der Waals surface area contributed by atoms with Gasteiger partial charge in [0.15, 0.2) is 0 Å². The monoisotopic (exact) mass is 251 g/mol. The predicted octanol–water partition coefficient (Wildman–Crippen LogP) is 2.52. The van der Waals surface area contributed by atoms with Crippen LogP contribution in [0.2, 0.25) is 0 Å². The van der Waals surface area contributed by atoms with E-state index in [9.17, 15) is 4.79 Å². The van der Waals surface area contributed by atoms with Gasteiger partial charge in [-0.3, -0.25) is 0 Å². The topological polar surface area (TPSA) is 17.1 Å². The van der Waals surface area contributed by atoms with Gasteiger partial charge in [0.1, 0.15) is 0 Å². The number of hydrogen-bond acceptors (Lipinski definition) is 1. The quantitative estimate of drug-likeness (QED) is 0.701. The van der Waals surface area contributed by atoms with Crippen LogP contribution < -0.4 is 0 Å². The Bertz CT molecular complexity index is 292. The molecule has 0 aliphatic rings. The summed E-state index contributed by atoms with van der Waals surface area (Å²) < 4.78 is 0. The molecule has 1 nitrogen and oxygen atoms in total. The Balaban J connectivity index is 0. The second kappa shape index (κ2) is 6.45. The fraction of sp³-hybridized carbons (Fsp3) is 0.273. The van der Waals surface area contributed by atoms with E-state index in [1.807, 2.05) is 39.2 Å². The molecule has 2 heteroatoms. The van der Waals surface area contributed by atoms with Crippen LogP contribution >= 0.6 is 0 Å². The summed E-state index contributed by atoms with van der Waals surface area (Å²) in [5, 5.41) is 0. The molecule has 69 valence electrons. The van der Waals surface area contributed by atoms with E-state index >= 15 is 0 Å². The molecule has 0 aliphatic carbocycles. The van der Waals surface area contributed by atoms with Gasteiger partial charge in [-0.2, -0.15) is 6.07 Å². The van der Waals surface area contributed by atoms with Crippen molar-refractivity contribution in [2.45, 2.75) is 20.8 Å². The number of benzene rings is 1. The summed E-state index contributed by atoms with van der Waals surface area (Å²) in [7, 11) is 0. The molecule has 0 saturated carbocycles. The van der Waals surface area contributed by atoms with Crippen molar-refractivity contribution in [3.63, 3.8) is 0 Å². The van der Waals surface area contributed by atoms with E-state index in [2.05, 4.69) is 0 Å². The summed E-state index contributed by atoms with van der Waals surface area (Å²) >= 11 is 0. The summed E-state index contributed by atoms with van der Waals surface area (Å²) in [5.74, 6) is 0. The fourth-order valence-corrected chi connectivity index (χ4v) is 1.07. The molecule has 0 heterocycles. The van der Waals surface area contributed by atoms with Crippen LogP contribution in [0.15, 0.2) is 12.1 Å². The van der Waals surface area contributed by atoms with Crippen molar-refractivity contribution in [3.8, 4) is 0 Å². The maximum absolute atomic E-state index is 10.4. The van der Waals surface area contributed by atoms with Crippen molar-refractivity contribution in [1.29, 1.82) is 0 Å². The first-order valence-corrected chi connectivity index (χ1v) is 3.61. The first kappa shape index (κ1) is 15.5. The average Bonchev–Trinajstić information content (AvgIpc) is 1.97. The predicted molar refractivity (Wildman–Crippen MR) is 51.9 cm³/mol. The van der Waals surface area contributed by atoms with Crippen molar-refractivity contribution in [2.75, 3.05) is 0 Å². The van der Waals surface area contributed by atoms with Gasteiger partial charge in [0.25, 0.3) is 0 Å². The van der Waals surface area contributed by atoms with Crippen LogP contribution in [0.3, 0.4) is 0 Å². The largest absolute Gasteiger partial charge is 0.376 e. The molecule has 0 aromatic heterocycles. The van der Waals surface area contributed by atoms with Crippen molar-refractivity contribution >= 4 is 6.29 Å². The minimum Gasteiger partial charge on any atom is -0.376 e. The molecule has 0 N–H and O–H groups in total. The molecule has 0 unspecified atom stereocenters.